The molecule has 0 saturated heterocycles. The fourth-order valence-corrected chi connectivity index (χ4v) is 0. The van der Waals surface area contributed by atoms with E-state index in [-0.39, 0.29) is 76.9 Å². The molecule has 0 saturated carbocycles. The van der Waals surface area contributed by atoms with Crippen LogP contribution >= 0.6 is 0 Å². The van der Waals surface area contributed by atoms with Crippen LogP contribution in [0.2, 0.25) is 0 Å². The van der Waals surface area contributed by atoms with Gasteiger partial charge < -0.3 is 24.7 Å². The second-order valence-corrected chi connectivity index (χ2v) is 1.57. The van der Waals surface area contributed by atoms with Crippen molar-refractivity contribution < 1.29 is 73.1 Å². The Labute approximate surface area is 104 Å². The fraction of sp³-hybridized carbons (Fsp3) is 0. The average molecular weight is 164 g/mol. The van der Waals surface area contributed by atoms with Gasteiger partial charge in [-0.2, -0.15) is 0 Å². The van der Waals surface area contributed by atoms with Crippen molar-refractivity contribution >= 4 is 32.1 Å². The molecule has 2 N–H and O–H groups in total. The topological polar surface area (TPSA) is 119 Å². The Morgan fingerprint density at radius 2 is 1.11 bits per heavy atom. The Kier molecular flexibility index (Phi) is 43.5. The normalized spacial score (nSPS) is 6.67. The molecule has 0 unspecified atom stereocenters. The predicted molar refractivity (Wildman–Crippen MR) is 15.7 cm³/mol. The van der Waals surface area contributed by atoms with E-state index in [2.05, 4.69) is 0 Å². The quantitative estimate of drug-likeness (QED) is 0.356. The molecule has 0 aliphatic heterocycles. The van der Waals surface area contributed by atoms with Crippen LogP contribution in [0.3, 0.4) is 0 Å². The first-order valence-electron chi connectivity index (χ1n) is 0.836. The molecule has 0 aliphatic carbocycles. The van der Waals surface area contributed by atoms with E-state index in [1.807, 2.05) is 0 Å². The van der Waals surface area contributed by atoms with Crippen molar-refractivity contribution in [2.75, 3.05) is 0 Å². The molecule has 0 aromatic heterocycles. The fourth-order valence-electron chi connectivity index (χ4n) is 0. The third-order valence-corrected chi connectivity index (χ3v) is 0. The zero-order chi connectivity index (χ0) is 4.50. The third kappa shape index (κ3) is 129. The molecule has 9 heavy (non-hydrogen) atoms. The van der Waals surface area contributed by atoms with Gasteiger partial charge in [0.2, 0.25) is 0 Å². The summed E-state index contributed by atoms with van der Waals surface area (Å²) in [4.78, 5) is 33.1. The van der Waals surface area contributed by atoms with E-state index >= 15 is 0 Å². The van der Waals surface area contributed by atoms with E-state index in [0.29, 0.717) is 0 Å². The minimum absolute atomic E-state index is 0. The van der Waals surface area contributed by atoms with Crippen molar-refractivity contribution in [1.82, 2.24) is 0 Å². The van der Waals surface area contributed by atoms with Crippen LogP contribution in [0.5, 0.6) is 0 Å². The van der Waals surface area contributed by atoms with E-state index < -0.39 is 9.05 Å². The molecule has 0 heterocycles. The Morgan fingerprint density at radius 3 is 1.11 bits per heavy atom. The van der Waals surface area contributed by atoms with E-state index in [1.165, 1.54) is 0 Å². The molecule has 40 valence electrons. The van der Waals surface area contributed by atoms with Crippen molar-refractivity contribution in [3.8, 4) is 0 Å². The standard InChI is InChI=1S/Li.Mg.Na.HO4Si.H2O/c;;;1-5(2,3)4;/h;;;1H;1H2/q+1;+2;+1;-3;/p-1. The van der Waals surface area contributed by atoms with Gasteiger partial charge in [-0.25, -0.2) is 0 Å². The van der Waals surface area contributed by atoms with Gasteiger partial charge in [0.05, 0.1) is 0 Å². The summed E-state index contributed by atoms with van der Waals surface area (Å²) in [6, 6.07) is 0. The van der Waals surface area contributed by atoms with Crippen molar-refractivity contribution in [2.45, 2.75) is 0 Å². The van der Waals surface area contributed by atoms with Gasteiger partial charge in [-0.3, -0.25) is 0 Å². The largest absolute Gasteiger partial charge is 2.00 e. The molecular formula is H2LiMgNaO5Si. The van der Waals surface area contributed by atoms with Gasteiger partial charge in [0.15, 0.2) is 0 Å². The molecule has 0 amide bonds. The third-order valence-electron chi connectivity index (χ3n) is 0. The second kappa shape index (κ2) is 13.0. The maximum atomic E-state index is 8.69. The summed E-state index contributed by atoms with van der Waals surface area (Å²) in [6.45, 7) is 0. The van der Waals surface area contributed by atoms with Crippen LogP contribution in [0.1, 0.15) is 0 Å². The number of hydrogen-bond donors (Lipinski definition) is 1. The number of hydrogen-bond acceptors (Lipinski definition) is 5. The molecule has 0 rings (SSSR count). The van der Waals surface area contributed by atoms with Crippen molar-refractivity contribution in [2.24, 2.45) is 0 Å². The first kappa shape index (κ1) is 30.1. The van der Waals surface area contributed by atoms with Crippen LogP contribution in [-0.4, -0.2) is 42.4 Å². The van der Waals surface area contributed by atoms with Crippen LogP contribution in [0.15, 0.2) is 0 Å². The van der Waals surface area contributed by atoms with E-state index in [4.69, 9.17) is 19.2 Å². The SMILES string of the molecule is [Li+].[Mg+2].[Na+].[O-][Si]([O-])([O-])O.[OH-]. The Hall–Kier alpha value is 2.38. The summed E-state index contributed by atoms with van der Waals surface area (Å²) in [5.41, 5.74) is 0. The summed E-state index contributed by atoms with van der Waals surface area (Å²) in [5, 5.41) is 0. The summed E-state index contributed by atoms with van der Waals surface area (Å²) < 4.78 is 0. The Bertz CT molecular complexity index is 32.4. The predicted octanol–water partition coefficient (Wildman–Crippen LogP) is -11.1. The van der Waals surface area contributed by atoms with Crippen LogP contribution in [0, 0.1) is 0 Å². The molecule has 9 heteroatoms. The van der Waals surface area contributed by atoms with Gasteiger partial charge in [-0.15, -0.1) is 9.05 Å². The zero-order valence-corrected chi connectivity index (χ0v) is 9.74. The summed E-state index contributed by atoms with van der Waals surface area (Å²) in [7, 11) is -5.36. The van der Waals surface area contributed by atoms with E-state index in [1.54, 1.807) is 0 Å². The summed E-state index contributed by atoms with van der Waals surface area (Å²) >= 11 is 0. The van der Waals surface area contributed by atoms with Crippen LogP contribution in [0.4, 0.5) is 0 Å². The van der Waals surface area contributed by atoms with Gasteiger partial charge in [0.25, 0.3) is 0 Å². The maximum Gasteiger partial charge on any atom is 2.00 e. The van der Waals surface area contributed by atoms with Gasteiger partial charge in [0.1, 0.15) is 0 Å². The molecule has 0 radical (unpaired) electrons. The van der Waals surface area contributed by atoms with Gasteiger partial charge >= 0.3 is 71.5 Å². The summed E-state index contributed by atoms with van der Waals surface area (Å²) in [5.74, 6) is 0. The van der Waals surface area contributed by atoms with Crippen LogP contribution in [0.25, 0.3) is 0 Å². The Morgan fingerprint density at radius 1 is 1.11 bits per heavy atom. The molecule has 0 aromatic rings. The molecule has 0 aromatic carbocycles. The zero-order valence-electron chi connectivity index (χ0n) is 5.33. The van der Waals surface area contributed by atoms with E-state index in [9.17, 15) is 0 Å². The molecule has 0 bridgehead atoms. The minimum atomic E-state index is -5.36. The van der Waals surface area contributed by atoms with E-state index in [0.717, 1.165) is 0 Å². The van der Waals surface area contributed by atoms with Crippen molar-refractivity contribution in [3.05, 3.63) is 0 Å². The molecule has 5 nitrogen and oxygen atoms in total. The molecule has 0 aliphatic rings. The van der Waals surface area contributed by atoms with Gasteiger partial charge in [-0.1, -0.05) is 0 Å². The average Bonchev–Trinajstić information content (AvgIpc) is 0.722. The molecule has 0 fully saturated rings. The first-order chi connectivity index (χ1) is 2.00. The van der Waals surface area contributed by atoms with Crippen LogP contribution in [-0.2, 0) is 0 Å². The van der Waals surface area contributed by atoms with Crippen molar-refractivity contribution in [1.29, 1.82) is 0 Å². The van der Waals surface area contributed by atoms with Crippen LogP contribution < -0.4 is 62.8 Å². The van der Waals surface area contributed by atoms with Gasteiger partial charge in [-0.05, 0) is 0 Å². The first-order valence-corrected chi connectivity index (χ1v) is 2.51. The maximum absolute atomic E-state index is 8.69. The summed E-state index contributed by atoms with van der Waals surface area (Å²) in [6.07, 6.45) is 0. The molecule has 0 atom stereocenters. The molecular weight excluding hydrogens is 162 g/mol. The van der Waals surface area contributed by atoms with Crippen molar-refractivity contribution in [3.63, 3.8) is 0 Å². The second-order valence-electron chi connectivity index (χ2n) is 0.524. The monoisotopic (exact) mass is 164 g/mol. The Balaban J connectivity index is -0.0000000133. The minimum Gasteiger partial charge on any atom is -0.870 e. The smallest absolute Gasteiger partial charge is 0.870 e. The van der Waals surface area contributed by atoms with Gasteiger partial charge in [0, 0.05) is 0 Å². The number of rotatable bonds is 0. The molecule has 0 spiro atoms.